The number of aliphatic carboxylic acids is 1. The van der Waals surface area contributed by atoms with E-state index in [0.29, 0.717) is 27.8 Å². The van der Waals surface area contributed by atoms with Crippen LogP contribution in [0.4, 0.5) is 0 Å². The summed E-state index contributed by atoms with van der Waals surface area (Å²) in [6, 6.07) is 13.9. The molecule has 0 aliphatic carbocycles. The monoisotopic (exact) mass is 417 g/mol. The van der Waals surface area contributed by atoms with Crippen LogP contribution in [0.5, 0.6) is 5.75 Å². The molecular formula is C21H20ClNO4S. The molecule has 5 nitrogen and oxygen atoms in total. The number of amides is 1. The number of thiophene rings is 1. The molecule has 2 N–H and O–H groups in total. The van der Waals surface area contributed by atoms with Crippen LogP contribution >= 0.6 is 22.9 Å². The molecule has 28 heavy (non-hydrogen) atoms. The standard InChI is InChI=1S/C21H20ClNO4S/c1-2-11-27-14-9-7-13(8-10-14)16(12-18(24)25)23-21(26)20-19(22)15-5-3-4-6-17(15)28-20/h3-10,16H,2,11-12H2,1H3,(H,23,26)(H,24,25)/t16-/m1/s1. The van der Waals surface area contributed by atoms with Gasteiger partial charge in [0.05, 0.1) is 24.1 Å². The molecule has 7 heteroatoms. The summed E-state index contributed by atoms with van der Waals surface area (Å²) in [5, 5.41) is 13.3. The van der Waals surface area contributed by atoms with Gasteiger partial charge in [-0.15, -0.1) is 11.3 Å². The fourth-order valence-corrected chi connectivity index (χ4v) is 4.25. The number of carbonyl (C=O) groups is 2. The van der Waals surface area contributed by atoms with Gasteiger partial charge in [0.1, 0.15) is 10.6 Å². The summed E-state index contributed by atoms with van der Waals surface area (Å²) in [6.07, 6.45) is 0.665. The molecule has 2 aromatic carbocycles. The Balaban J connectivity index is 1.82. The number of nitrogens with one attached hydrogen (secondary N) is 1. The Morgan fingerprint density at radius 3 is 2.54 bits per heavy atom. The number of carboxylic acid groups (broad SMARTS) is 1. The van der Waals surface area contributed by atoms with Gasteiger partial charge < -0.3 is 15.2 Å². The summed E-state index contributed by atoms with van der Waals surface area (Å²) in [5.74, 6) is -0.679. The summed E-state index contributed by atoms with van der Waals surface area (Å²) in [5.41, 5.74) is 0.692. The van der Waals surface area contributed by atoms with Gasteiger partial charge >= 0.3 is 5.97 Å². The van der Waals surface area contributed by atoms with Crippen LogP contribution in [0.1, 0.15) is 41.0 Å². The van der Waals surface area contributed by atoms with Gasteiger partial charge in [-0.25, -0.2) is 0 Å². The number of hydrogen-bond acceptors (Lipinski definition) is 4. The molecule has 0 saturated heterocycles. The van der Waals surface area contributed by atoms with Crippen molar-refractivity contribution in [2.45, 2.75) is 25.8 Å². The largest absolute Gasteiger partial charge is 0.494 e. The van der Waals surface area contributed by atoms with Gasteiger partial charge in [0, 0.05) is 10.1 Å². The maximum Gasteiger partial charge on any atom is 0.305 e. The highest BCUT2D eigenvalue weighted by Gasteiger charge is 2.23. The molecule has 1 heterocycles. The van der Waals surface area contributed by atoms with E-state index in [2.05, 4.69) is 5.32 Å². The molecule has 1 atom stereocenters. The lowest BCUT2D eigenvalue weighted by Crippen LogP contribution is -2.29. The molecule has 1 amide bonds. The molecule has 0 radical (unpaired) electrons. The van der Waals surface area contributed by atoms with Crippen molar-refractivity contribution >= 4 is 44.9 Å². The smallest absolute Gasteiger partial charge is 0.305 e. The van der Waals surface area contributed by atoms with E-state index in [1.165, 1.54) is 11.3 Å². The molecule has 0 bridgehead atoms. The predicted molar refractivity (Wildman–Crippen MR) is 112 cm³/mol. The van der Waals surface area contributed by atoms with E-state index in [9.17, 15) is 14.7 Å². The molecule has 0 spiro atoms. The van der Waals surface area contributed by atoms with Crippen molar-refractivity contribution in [2.75, 3.05) is 6.61 Å². The quantitative estimate of drug-likeness (QED) is 0.522. The molecule has 0 aliphatic rings. The van der Waals surface area contributed by atoms with E-state index in [0.717, 1.165) is 16.5 Å². The van der Waals surface area contributed by atoms with E-state index in [1.807, 2.05) is 31.2 Å². The summed E-state index contributed by atoms with van der Waals surface area (Å²) < 4.78 is 6.46. The highest BCUT2D eigenvalue weighted by molar-refractivity contribution is 7.21. The van der Waals surface area contributed by atoms with Crippen LogP contribution in [0.25, 0.3) is 10.1 Å². The molecule has 0 unspecified atom stereocenters. The summed E-state index contributed by atoms with van der Waals surface area (Å²) in [4.78, 5) is 24.5. The molecule has 0 saturated carbocycles. The molecular weight excluding hydrogens is 398 g/mol. The normalized spacial score (nSPS) is 11.9. The first kappa shape index (κ1) is 20.2. The fraction of sp³-hybridized carbons (Fsp3) is 0.238. The molecule has 0 aliphatic heterocycles. The summed E-state index contributed by atoms with van der Waals surface area (Å²) >= 11 is 7.66. The highest BCUT2D eigenvalue weighted by Crippen LogP contribution is 2.35. The Labute approximate surface area is 171 Å². The number of ether oxygens (including phenoxy) is 1. The van der Waals surface area contributed by atoms with Gasteiger partial charge in [-0.3, -0.25) is 9.59 Å². The first-order valence-electron chi connectivity index (χ1n) is 8.92. The van der Waals surface area contributed by atoms with Gasteiger partial charge in [0.2, 0.25) is 0 Å². The zero-order chi connectivity index (χ0) is 20.1. The molecule has 146 valence electrons. The number of rotatable bonds is 8. The number of fused-ring (bicyclic) bond motifs is 1. The van der Waals surface area contributed by atoms with Crippen molar-refractivity contribution in [3.8, 4) is 5.75 Å². The molecule has 1 aromatic heterocycles. The molecule has 0 fully saturated rings. The zero-order valence-corrected chi connectivity index (χ0v) is 16.8. The van der Waals surface area contributed by atoms with E-state index in [-0.39, 0.29) is 12.3 Å². The SMILES string of the molecule is CCCOc1ccc([C@@H](CC(=O)O)NC(=O)c2sc3ccccc3c2Cl)cc1. The second-order valence-corrected chi connectivity index (χ2v) is 7.71. The topological polar surface area (TPSA) is 75.6 Å². The highest BCUT2D eigenvalue weighted by atomic mass is 35.5. The summed E-state index contributed by atoms with van der Waals surface area (Å²) in [6.45, 7) is 2.63. The van der Waals surface area contributed by atoms with Crippen molar-refractivity contribution < 1.29 is 19.4 Å². The number of hydrogen-bond donors (Lipinski definition) is 2. The Morgan fingerprint density at radius 2 is 1.89 bits per heavy atom. The van der Waals surface area contributed by atoms with Crippen molar-refractivity contribution in [2.24, 2.45) is 0 Å². The van der Waals surface area contributed by atoms with E-state index in [1.54, 1.807) is 24.3 Å². The summed E-state index contributed by atoms with van der Waals surface area (Å²) in [7, 11) is 0. The van der Waals surface area contributed by atoms with Crippen molar-refractivity contribution in [3.05, 3.63) is 64.0 Å². The third-order valence-electron chi connectivity index (χ3n) is 4.18. The van der Waals surface area contributed by atoms with Gasteiger partial charge in [-0.05, 0) is 30.2 Å². The van der Waals surface area contributed by atoms with Crippen LogP contribution in [0.2, 0.25) is 5.02 Å². The van der Waals surface area contributed by atoms with Crippen molar-refractivity contribution in [1.29, 1.82) is 0 Å². The second kappa shape index (κ2) is 9.08. The van der Waals surface area contributed by atoms with E-state index in [4.69, 9.17) is 16.3 Å². The zero-order valence-electron chi connectivity index (χ0n) is 15.3. The number of carbonyl (C=O) groups excluding carboxylic acids is 1. The molecule has 3 rings (SSSR count). The average Bonchev–Trinajstić information content (AvgIpc) is 3.03. The Hall–Kier alpha value is -2.57. The second-order valence-electron chi connectivity index (χ2n) is 6.28. The van der Waals surface area contributed by atoms with Crippen molar-refractivity contribution in [1.82, 2.24) is 5.32 Å². The Bertz CT molecular complexity index is 984. The number of carboxylic acids is 1. The first-order valence-corrected chi connectivity index (χ1v) is 10.1. The number of benzene rings is 2. The third kappa shape index (κ3) is 4.64. The van der Waals surface area contributed by atoms with Crippen LogP contribution < -0.4 is 10.1 Å². The van der Waals surface area contributed by atoms with Crippen molar-refractivity contribution in [3.63, 3.8) is 0 Å². The maximum absolute atomic E-state index is 12.8. The fourth-order valence-electron chi connectivity index (χ4n) is 2.83. The number of halogens is 1. The van der Waals surface area contributed by atoms with Crippen LogP contribution in [0.15, 0.2) is 48.5 Å². The minimum Gasteiger partial charge on any atom is -0.494 e. The van der Waals surface area contributed by atoms with Gasteiger partial charge in [0.15, 0.2) is 0 Å². The lowest BCUT2D eigenvalue weighted by atomic mass is 10.0. The lowest BCUT2D eigenvalue weighted by Gasteiger charge is -2.17. The maximum atomic E-state index is 12.8. The minimum absolute atomic E-state index is 0.233. The van der Waals surface area contributed by atoms with Gasteiger partial charge in [-0.2, -0.15) is 0 Å². The van der Waals surface area contributed by atoms with Crippen LogP contribution in [-0.2, 0) is 4.79 Å². The average molecular weight is 418 g/mol. The van der Waals surface area contributed by atoms with Crippen LogP contribution in [-0.4, -0.2) is 23.6 Å². The third-order valence-corrected chi connectivity index (χ3v) is 5.85. The Kier molecular flexibility index (Phi) is 6.54. The Morgan fingerprint density at radius 1 is 1.18 bits per heavy atom. The predicted octanol–water partition coefficient (Wildman–Crippen LogP) is 5.29. The lowest BCUT2D eigenvalue weighted by molar-refractivity contribution is -0.137. The van der Waals surface area contributed by atoms with E-state index >= 15 is 0 Å². The van der Waals surface area contributed by atoms with Crippen LogP contribution in [0.3, 0.4) is 0 Å². The van der Waals surface area contributed by atoms with Gasteiger partial charge in [-0.1, -0.05) is 48.9 Å². The van der Waals surface area contributed by atoms with Gasteiger partial charge in [0.25, 0.3) is 5.91 Å². The van der Waals surface area contributed by atoms with Crippen LogP contribution in [0, 0.1) is 0 Å². The first-order chi connectivity index (χ1) is 13.5. The minimum atomic E-state index is -1.00. The molecule has 3 aromatic rings. The van der Waals surface area contributed by atoms with E-state index < -0.39 is 12.0 Å².